The molecule has 4 nitrogen and oxygen atoms in total. The molecule has 0 aliphatic rings. The fourth-order valence-corrected chi connectivity index (χ4v) is 5.35. The van der Waals surface area contributed by atoms with Crippen LogP contribution in [0.2, 0.25) is 0 Å². The van der Waals surface area contributed by atoms with Crippen molar-refractivity contribution in [3.8, 4) is 0 Å². The summed E-state index contributed by atoms with van der Waals surface area (Å²) in [6, 6.07) is 0. The average molecular weight is 565 g/mol. The van der Waals surface area contributed by atoms with E-state index < -0.39 is 5.97 Å². The third-order valence-electron chi connectivity index (χ3n) is 7.99. The van der Waals surface area contributed by atoms with Gasteiger partial charge in [-0.05, 0) is 64.2 Å². The third-order valence-corrected chi connectivity index (χ3v) is 7.99. The van der Waals surface area contributed by atoms with Crippen molar-refractivity contribution in [2.75, 3.05) is 0 Å². The van der Waals surface area contributed by atoms with E-state index in [1.807, 2.05) is 0 Å². The molecule has 0 aromatic heterocycles. The SMILES string of the molecule is CCCCCCCC/C=C/CCCCCCCC(=O)OC(CCCCCC)CCCCCCCCCCC(=O)O. The highest BCUT2D eigenvalue weighted by atomic mass is 16.5. The standard InChI is InChI=1S/C36H68O4/c1-3-5-7-9-10-11-12-13-14-15-16-17-22-25-29-33-36(39)40-34(30-26-8-6-4-2)31-27-23-20-18-19-21-24-28-32-35(37)38/h13-14,34H,3-12,15-33H2,1-2H3,(H,37,38)/b14-13+. The summed E-state index contributed by atoms with van der Waals surface area (Å²) >= 11 is 0. The number of rotatable bonds is 32. The third kappa shape index (κ3) is 31.2. The first-order chi connectivity index (χ1) is 19.6. The highest BCUT2D eigenvalue weighted by molar-refractivity contribution is 5.69. The van der Waals surface area contributed by atoms with Gasteiger partial charge >= 0.3 is 11.9 Å². The zero-order chi connectivity index (χ0) is 29.4. The number of esters is 1. The summed E-state index contributed by atoms with van der Waals surface area (Å²) in [6.07, 6.45) is 38.1. The largest absolute Gasteiger partial charge is 0.481 e. The minimum atomic E-state index is -0.683. The van der Waals surface area contributed by atoms with Crippen molar-refractivity contribution in [1.82, 2.24) is 0 Å². The first kappa shape index (κ1) is 38.7. The second-order valence-electron chi connectivity index (χ2n) is 12.1. The van der Waals surface area contributed by atoms with Gasteiger partial charge in [-0.1, -0.05) is 135 Å². The number of hydrogen-bond donors (Lipinski definition) is 1. The van der Waals surface area contributed by atoms with E-state index in [0.29, 0.717) is 12.8 Å². The molecule has 1 unspecified atom stereocenters. The predicted octanol–water partition coefficient (Wildman–Crippen LogP) is 11.9. The molecule has 4 heteroatoms. The van der Waals surface area contributed by atoms with Crippen LogP contribution in [0.1, 0.15) is 200 Å². The van der Waals surface area contributed by atoms with Gasteiger partial charge in [-0.15, -0.1) is 0 Å². The van der Waals surface area contributed by atoms with Crippen molar-refractivity contribution in [2.24, 2.45) is 0 Å². The van der Waals surface area contributed by atoms with Crippen molar-refractivity contribution >= 4 is 11.9 Å². The number of carbonyl (C=O) groups is 2. The summed E-state index contributed by atoms with van der Waals surface area (Å²) in [7, 11) is 0. The number of aliphatic carboxylic acids is 1. The van der Waals surface area contributed by atoms with Gasteiger partial charge in [0.1, 0.15) is 6.10 Å². The molecule has 236 valence electrons. The van der Waals surface area contributed by atoms with Crippen LogP contribution in [-0.4, -0.2) is 23.1 Å². The Morgan fingerprint density at radius 1 is 0.525 bits per heavy atom. The lowest BCUT2D eigenvalue weighted by Crippen LogP contribution is -2.18. The maximum atomic E-state index is 12.5. The molecule has 1 atom stereocenters. The first-order valence-electron chi connectivity index (χ1n) is 17.7. The van der Waals surface area contributed by atoms with Gasteiger partial charge in [0.05, 0.1) is 0 Å². The van der Waals surface area contributed by atoms with Gasteiger partial charge in [-0.2, -0.15) is 0 Å². The van der Waals surface area contributed by atoms with Crippen LogP contribution in [0.15, 0.2) is 12.2 Å². The van der Waals surface area contributed by atoms with Crippen molar-refractivity contribution in [2.45, 2.75) is 206 Å². The molecule has 1 N–H and O–H groups in total. The monoisotopic (exact) mass is 565 g/mol. The molecule has 0 aliphatic carbocycles. The maximum absolute atomic E-state index is 12.5. The lowest BCUT2D eigenvalue weighted by molar-refractivity contribution is -0.150. The maximum Gasteiger partial charge on any atom is 0.306 e. The van der Waals surface area contributed by atoms with E-state index in [4.69, 9.17) is 9.84 Å². The smallest absolute Gasteiger partial charge is 0.306 e. The minimum absolute atomic E-state index is 0.0134. The Kier molecular flexibility index (Phi) is 31.1. The van der Waals surface area contributed by atoms with E-state index in [1.54, 1.807) is 0 Å². The Morgan fingerprint density at radius 3 is 1.38 bits per heavy atom. The number of allylic oxidation sites excluding steroid dienone is 2. The first-order valence-corrected chi connectivity index (χ1v) is 17.7. The molecule has 0 bridgehead atoms. The Hall–Kier alpha value is -1.32. The summed E-state index contributed by atoms with van der Waals surface area (Å²) in [6.45, 7) is 4.51. The molecule has 0 saturated heterocycles. The molecule has 0 spiro atoms. The second kappa shape index (κ2) is 32.2. The lowest BCUT2D eigenvalue weighted by atomic mass is 10.0. The van der Waals surface area contributed by atoms with E-state index in [0.717, 1.165) is 57.8 Å². The molecular weight excluding hydrogens is 496 g/mol. The molecule has 0 heterocycles. The number of carbonyl (C=O) groups excluding carboxylic acids is 1. The fourth-order valence-electron chi connectivity index (χ4n) is 5.35. The second-order valence-corrected chi connectivity index (χ2v) is 12.1. The summed E-state index contributed by atoms with van der Waals surface area (Å²) < 4.78 is 5.95. The summed E-state index contributed by atoms with van der Waals surface area (Å²) in [5.74, 6) is -0.669. The quantitative estimate of drug-likeness (QED) is 0.0501. The van der Waals surface area contributed by atoms with Gasteiger partial charge in [0.25, 0.3) is 0 Å². The lowest BCUT2D eigenvalue weighted by Gasteiger charge is -2.18. The molecule has 0 rings (SSSR count). The summed E-state index contributed by atoms with van der Waals surface area (Å²) in [5.41, 5.74) is 0. The number of ether oxygens (including phenoxy) is 1. The number of hydrogen-bond acceptors (Lipinski definition) is 3. The topological polar surface area (TPSA) is 63.6 Å². The molecule has 0 amide bonds. The fraction of sp³-hybridized carbons (Fsp3) is 0.889. The van der Waals surface area contributed by atoms with Crippen LogP contribution >= 0.6 is 0 Å². The number of unbranched alkanes of at least 4 members (excludes halogenated alkanes) is 21. The van der Waals surface area contributed by atoms with E-state index in [-0.39, 0.29) is 12.1 Å². The van der Waals surface area contributed by atoms with E-state index in [1.165, 1.54) is 116 Å². The van der Waals surface area contributed by atoms with Crippen molar-refractivity contribution < 1.29 is 19.4 Å². The van der Waals surface area contributed by atoms with Gasteiger partial charge in [0.15, 0.2) is 0 Å². The molecule has 0 saturated carbocycles. The summed E-state index contributed by atoms with van der Waals surface area (Å²) in [4.78, 5) is 23.1. The number of carboxylic acids is 1. The zero-order valence-corrected chi connectivity index (χ0v) is 26.9. The highest BCUT2D eigenvalue weighted by Gasteiger charge is 2.14. The normalized spacial score (nSPS) is 12.2. The van der Waals surface area contributed by atoms with E-state index in [9.17, 15) is 9.59 Å². The van der Waals surface area contributed by atoms with Crippen LogP contribution in [0.5, 0.6) is 0 Å². The van der Waals surface area contributed by atoms with Gasteiger partial charge in [0.2, 0.25) is 0 Å². The van der Waals surface area contributed by atoms with Crippen LogP contribution in [0.3, 0.4) is 0 Å². The molecule has 0 aromatic rings. The van der Waals surface area contributed by atoms with Gasteiger partial charge in [-0.25, -0.2) is 0 Å². The van der Waals surface area contributed by atoms with Crippen molar-refractivity contribution in [1.29, 1.82) is 0 Å². The molecule has 0 aromatic carbocycles. The van der Waals surface area contributed by atoms with Crippen molar-refractivity contribution in [3.63, 3.8) is 0 Å². The van der Waals surface area contributed by atoms with Crippen LogP contribution in [0.4, 0.5) is 0 Å². The van der Waals surface area contributed by atoms with E-state index in [2.05, 4.69) is 26.0 Å². The Morgan fingerprint density at radius 2 is 0.900 bits per heavy atom. The van der Waals surface area contributed by atoms with Crippen LogP contribution < -0.4 is 0 Å². The molecular formula is C36H68O4. The predicted molar refractivity (Wildman–Crippen MR) is 172 cm³/mol. The molecule has 0 aliphatic heterocycles. The highest BCUT2D eigenvalue weighted by Crippen LogP contribution is 2.18. The minimum Gasteiger partial charge on any atom is -0.481 e. The van der Waals surface area contributed by atoms with Gasteiger partial charge in [-0.3, -0.25) is 9.59 Å². The van der Waals surface area contributed by atoms with Gasteiger partial charge in [0, 0.05) is 12.8 Å². The molecule has 0 fully saturated rings. The Labute approximate surface area is 249 Å². The Balaban J connectivity index is 3.83. The molecule has 0 radical (unpaired) electrons. The number of carboxylic acid groups (broad SMARTS) is 1. The molecule has 40 heavy (non-hydrogen) atoms. The Bertz CT molecular complexity index is 571. The van der Waals surface area contributed by atoms with E-state index >= 15 is 0 Å². The zero-order valence-electron chi connectivity index (χ0n) is 26.9. The summed E-state index contributed by atoms with van der Waals surface area (Å²) in [5, 5.41) is 8.70. The van der Waals surface area contributed by atoms with Crippen LogP contribution in [0.25, 0.3) is 0 Å². The van der Waals surface area contributed by atoms with Gasteiger partial charge < -0.3 is 9.84 Å². The van der Waals surface area contributed by atoms with Crippen LogP contribution in [-0.2, 0) is 14.3 Å². The van der Waals surface area contributed by atoms with Crippen LogP contribution in [0, 0.1) is 0 Å². The average Bonchev–Trinajstić information content (AvgIpc) is 2.93. The van der Waals surface area contributed by atoms with Crippen molar-refractivity contribution in [3.05, 3.63) is 12.2 Å².